The number of nitrogens with zero attached hydrogens (tertiary/aromatic N) is 4. The normalized spacial score (nSPS) is 11.7. The summed E-state index contributed by atoms with van der Waals surface area (Å²) in [6.45, 7) is 0. The molecular weight excluding hydrogens is 404 g/mol. The predicted molar refractivity (Wildman–Crippen MR) is 114 cm³/mol. The van der Waals surface area contributed by atoms with Crippen LogP contribution in [-0.2, 0) is 11.8 Å². The number of aromatic nitrogens is 4. The molecule has 30 heavy (non-hydrogen) atoms. The summed E-state index contributed by atoms with van der Waals surface area (Å²) in [5.41, 5.74) is 7.50. The number of imidazole rings is 2. The third-order valence-electron chi connectivity index (χ3n) is 4.38. The second-order valence-corrected chi connectivity index (χ2v) is 7.44. The largest absolute Gasteiger partial charge is 0.365 e. The smallest absolute Gasteiger partial charge is 0.283 e. The van der Waals surface area contributed by atoms with Crippen LogP contribution in [-0.4, -0.2) is 30.3 Å². The van der Waals surface area contributed by atoms with Gasteiger partial charge in [-0.25, -0.2) is 9.97 Å². The van der Waals surface area contributed by atoms with Gasteiger partial charge in [0.15, 0.2) is 5.16 Å². The van der Waals surface area contributed by atoms with E-state index in [4.69, 9.17) is 5.73 Å². The molecule has 4 rings (SSSR count). The average Bonchev–Trinajstić information content (AvgIpc) is 3.32. The number of carbonyl (C=O) groups excluding carboxylic acids is 1. The van der Waals surface area contributed by atoms with E-state index >= 15 is 0 Å². The zero-order valence-electron chi connectivity index (χ0n) is 15.8. The Morgan fingerprint density at radius 3 is 2.77 bits per heavy atom. The minimum Gasteiger partial charge on any atom is -0.365 e. The van der Waals surface area contributed by atoms with E-state index in [1.54, 1.807) is 29.1 Å². The molecular formula is C20H16N6O3S. The highest BCUT2D eigenvalue weighted by atomic mass is 32.2. The summed E-state index contributed by atoms with van der Waals surface area (Å²) in [7, 11) is 1.81. The van der Waals surface area contributed by atoms with E-state index in [0.29, 0.717) is 27.0 Å². The van der Waals surface area contributed by atoms with Crippen molar-refractivity contribution in [2.24, 2.45) is 12.8 Å². The number of H-pyrrole nitrogens is 1. The molecule has 0 aliphatic carbocycles. The maximum atomic E-state index is 12.1. The Kier molecular flexibility index (Phi) is 5.07. The van der Waals surface area contributed by atoms with Gasteiger partial charge in [-0.2, -0.15) is 0 Å². The molecule has 0 spiro atoms. The molecule has 4 aromatic rings. The fraction of sp³-hybridized carbons (Fsp3) is 0.0500. The van der Waals surface area contributed by atoms with E-state index in [-0.39, 0.29) is 11.3 Å². The number of fused-ring (bicyclic) bond motifs is 1. The van der Waals surface area contributed by atoms with Crippen LogP contribution in [0.4, 0.5) is 5.69 Å². The van der Waals surface area contributed by atoms with Crippen LogP contribution in [0.5, 0.6) is 0 Å². The highest BCUT2D eigenvalue weighted by molar-refractivity contribution is 7.99. The van der Waals surface area contributed by atoms with Crippen LogP contribution < -0.4 is 5.73 Å². The summed E-state index contributed by atoms with van der Waals surface area (Å²) in [5, 5.41) is 12.3. The van der Waals surface area contributed by atoms with E-state index in [1.165, 1.54) is 23.9 Å². The first-order chi connectivity index (χ1) is 14.4. The van der Waals surface area contributed by atoms with Gasteiger partial charge >= 0.3 is 0 Å². The predicted octanol–water partition coefficient (Wildman–Crippen LogP) is 3.38. The molecule has 3 N–H and O–H groups in total. The van der Waals surface area contributed by atoms with Crippen molar-refractivity contribution < 1.29 is 9.72 Å². The van der Waals surface area contributed by atoms with E-state index in [0.717, 1.165) is 5.52 Å². The van der Waals surface area contributed by atoms with Crippen LogP contribution in [0.15, 0.2) is 64.9 Å². The molecule has 150 valence electrons. The summed E-state index contributed by atoms with van der Waals surface area (Å²) in [6, 6.07) is 12.0. The van der Waals surface area contributed by atoms with Crippen molar-refractivity contribution in [2.45, 2.75) is 10.1 Å². The van der Waals surface area contributed by atoms with Crippen LogP contribution in [0.25, 0.3) is 22.7 Å². The van der Waals surface area contributed by atoms with Crippen molar-refractivity contribution in [2.75, 3.05) is 0 Å². The quantitative estimate of drug-likeness (QED) is 0.279. The lowest BCUT2D eigenvalue weighted by molar-refractivity contribution is -0.387. The molecule has 9 nitrogen and oxygen atoms in total. The van der Waals surface area contributed by atoms with Gasteiger partial charge in [0.2, 0.25) is 0 Å². The van der Waals surface area contributed by atoms with Gasteiger partial charge in [0.25, 0.3) is 11.6 Å². The maximum Gasteiger partial charge on any atom is 0.283 e. The second-order valence-electron chi connectivity index (χ2n) is 6.43. The van der Waals surface area contributed by atoms with Crippen LogP contribution in [0.1, 0.15) is 11.4 Å². The standard InChI is InChI=1S/C20H16N6O3S/c1-25-9-8-22-20(25)30-17-7-6-12(11-16(17)26(28)29)10-13(18(21)27)19-23-14-4-2-3-5-15(14)24-19/h2-11H,1H3,(H2,21,27)(H,23,24)/b13-10+. The van der Waals surface area contributed by atoms with Crippen molar-refractivity contribution in [3.8, 4) is 0 Å². The second kappa shape index (κ2) is 7.84. The zero-order chi connectivity index (χ0) is 21.3. The fourth-order valence-corrected chi connectivity index (χ4v) is 3.79. The highest BCUT2D eigenvalue weighted by Gasteiger charge is 2.19. The number of nitro groups is 1. The minimum atomic E-state index is -0.692. The molecule has 1 amide bonds. The Balaban J connectivity index is 1.75. The number of nitrogens with two attached hydrogens (primary N) is 1. The van der Waals surface area contributed by atoms with Crippen LogP contribution in [0.3, 0.4) is 0 Å². The topological polar surface area (TPSA) is 133 Å². The third-order valence-corrected chi connectivity index (χ3v) is 5.52. The van der Waals surface area contributed by atoms with Crippen molar-refractivity contribution in [1.82, 2.24) is 19.5 Å². The Morgan fingerprint density at radius 2 is 2.10 bits per heavy atom. The van der Waals surface area contributed by atoms with Crippen molar-refractivity contribution in [1.29, 1.82) is 0 Å². The Hall–Kier alpha value is -3.92. The number of benzene rings is 2. The number of hydrogen-bond acceptors (Lipinski definition) is 6. The van der Waals surface area contributed by atoms with Crippen LogP contribution in [0, 0.1) is 10.1 Å². The van der Waals surface area contributed by atoms with Gasteiger partial charge < -0.3 is 15.3 Å². The van der Waals surface area contributed by atoms with Crippen molar-refractivity contribution in [3.05, 3.63) is 76.4 Å². The first kappa shape index (κ1) is 19.4. The summed E-state index contributed by atoms with van der Waals surface area (Å²) < 4.78 is 1.77. The molecule has 0 unspecified atom stereocenters. The summed E-state index contributed by atoms with van der Waals surface area (Å²) in [6.07, 6.45) is 4.87. The molecule has 0 saturated heterocycles. The fourth-order valence-electron chi connectivity index (χ4n) is 2.90. The SMILES string of the molecule is Cn1ccnc1Sc1ccc(/C=C(\C(N)=O)c2nc3ccccc3[nH]2)cc1[N+](=O)[O-]. The van der Waals surface area contributed by atoms with E-state index in [1.807, 2.05) is 31.3 Å². The zero-order valence-corrected chi connectivity index (χ0v) is 16.6. The lowest BCUT2D eigenvalue weighted by atomic mass is 10.1. The van der Waals surface area contributed by atoms with Gasteiger partial charge in [-0.15, -0.1) is 0 Å². The lowest BCUT2D eigenvalue weighted by Crippen LogP contribution is -2.13. The first-order valence-electron chi connectivity index (χ1n) is 8.82. The number of aryl methyl sites for hydroxylation is 1. The first-order valence-corrected chi connectivity index (χ1v) is 9.64. The molecule has 0 fully saturated rings. The van der Waals surface area contributed by atoms with Crippen molar-refractivity contribution in [3.63, 3.8) is 0 Å². The molecule has 10 heteroatoms. The van der Waals surface area contributed by atoms with Gasteiger partial charge in [0, 0.05) is 25.5 Å². The average molecular weight is 420 g/mol. The highest BCUT2D eigenvalue weighted by Crippen LogP contribution is 2.35. The number of rotatable bonds is 6. The summed E-state index contributed by atoms with van der Waals surface area (Å²) >= 11 is 1.19. The number of amides is 1. The molecule has 0 bridgehead atoms. The Labute approximate surface area is 174 Å². The van der Waals surface area contributed by atoms with Gasteiger partial charge in [0.05, 0.1) is 26.4 Å². The number of nitro benzene ring substituents is 1. The molecule has 0 radical (unpaired) electrons. The van der Waals surface area contributed by atoms with E-state index < -0.39 is 10.8 Å². The monoisotopic (exact) mass is 420 g/mol. The Morgan fingerprint density at radius 1 is 1.30 bits per heavy atom. The van der Waals surface area contributed by atoms with Crippen LogP contribution >= 0.6 is 11.8 Å². The van der Waals surface area contributed by atoms with Crippen LogP contribution in [0.2, 0.25) is 0 Å². The van der Waals surface area contributed by atoms with E-state index in [9.17, 15) is 14.9 Å². The molecule has 0 saturated carbocycles. The maximum absolute atomic E-state index is 12.1. The third kappa shape index (κ3) is 3.80. The van der Waals surface area contributed by atoms with Gasteiger partial charge in [0.1, 0.15) is 5.82 Å². The van der Waals surface area contributed by atoms with E-state index in [2.05, 4.69) is 15.0 Å². The van der Waals surface area contributed by atoms with Gasteiger partial charge in [-0.3, -0.25) is 14.9 Å². The molecule has 0 aliphatic rings. The van der Waals surface area contributed by atoms with Gasteiger partial charge in [-0.1, -0.05) is 18.2 Å². The summed E-state index contributed by atoms with van der Waals surface area (Å²) in [5.74, 6) is -0.388. The molecule has 2 aromatic heterocycles. The molecule has 2 heterocycles. The van der Waals surface area contributed by atoms with Gasteiger partial charge in [-0.05, 0) is 41.6 Å². The summed E-state index contributed by atoms with van der Waals surface area (Å²) in [4.78, 5) is 35.3. The number of nitrogens with one attached hydrogen (secondary N) is 1. The number of hydrogen-bond donors (Lipinski definition) is 2. The number of primary amides is 1. The number of aromatic amines is 1. The Bertz CT molecular complexity index is 1270. The molecule has 0 atom stereocenters. The number of para-hydroxylation sites is 2. The minimum absolute atomic E-state index is 0.0924. The number of carbonyl (C=O) groups is 1. The van der Waals surface area contributed by atoms with Crippen molar-refractivity contribution >= 4 is 46.0 Å². The molecule has 0 aliphatic heterocycles. The molecule has 2 aromatic carbocycles. The lowest BCUT2D eigenvalue weighted by Gasteiger charge is -2.05.